The lowest BCUT2D eigenvalue weighted by atomic mass is 9.98. The molecule has 5 heteroatoms. The van der Waals surface area contributed by atoms with Crippen LogP contribution in [0, 0.1) is 5.92 Å². The molecule has 0 bridgehead atoms. The predicted octanol–water partition coefficient (Wildman–Crippen LogP) is 5.84. The maximum Gasteiger partial charge on any atom is 0.251 e. The number of furan rings is 1. The Morgan fingerprint density at radius 3 is 2.74 bits per heavy atom. The minimum Gasteiger partial charge on any atom is -0.485 e. The Hall–Kier alpha value is -3.57. The molecule has 0 spiro atoms. The van der Waals surface area contributed by atoms with Gasteiger partial charge in [0.2, 0.25) is 0 Å². The molecule has 0 radical (unpaired) electrons. The van der Waals surface area contributed by atoms with Crippen molar-refractivity contribution < 1.29 is 13.9 Å². The van der Waals surface area contributed by atoms with Gasteiger partial charge in [-0.05, 0) is 72.2 Å². The van der Waals surface area contributed by atoms with Crippen LogP contribution >= 0.6 is 0 Å². The fraction of sp³-hybridized carbons (Fsp3) is 0.276. The summed E-state index contributed by atoms with van der Waals surface area (Å²) in [6.07, 6.45) is 3.29. The normalized spacial score (nSPS) is 13.2. The minimum absolute atomic E-state index is 0.0547. The molecule has 1 saturated carbocycles. The van der Waals surface area contributed by atoms with Crippen LogP contribution in [-0.2, 0) is 19.6 Å². The molecule has 4 aromatic rings. The molecule has 0 saturated heterocycles. The Morgan fingerprint density at radius 2 is 1.94 bits per heavy atom. The Kier molecular flexibility index (Phi) is 6.37. The smallest absolute Gasteiger partial charge is 0.251 e. The summed E-state index contributed by atoms with van der Waals surface area (Å²) in [6.45, 7) is 3.61. The zero-order valence-electron chi connectivity index (χ0n) is 19.5. The third-order valence-corrected chi connectivity index (χ3v) is 6.37. The topological polar surface area (TPSA) is 77.5 Å². The van der Waals surface area contributed by atoms with E-state index in [1.54, 1.807) is 0 Å². The van der Waals surface area contributed by atoms with E-state index in [-0.39, 0.29) is 5.91 Å². The van der Waals surface area contributed by atoms with Crippen molar-refractivity contribution in [2.45, 2.75) is 39.3 Å². The molecule has 1 heterocycles. The summed E-state index contributed by atoms with van der Waals surface area (Å²) >= 11 is 0. The van der Waals surface area contributed by atoms with Crippen LogP contribution in [0.1, 0.15) is 47.0 Å². The van der Waals surface area contributed by atoms with Gasteiger partial charge in [-0.2, -0.15) is 0 Å². The molecule has 174 valence electrons. The molecule has 0 atom stereocenters. The average Bonchev–Trinajstić information content (AvgIpc) is 3.62. The van der Waals surface area contributed by atoms with Crippen molar-refractivity contribution in [1.29, 1.82) is 0 Å². The monoisotopic (exact) mass is 454 g/mol. The first kappa shape index (κ1) is 22.2. The van der Waals surface area contributed by atoms with Crippen LogP contribution in [0.2, 0.25) is 0 Å². The summed E-state index contributed by atoms with van der Waals surface area (Å²) in [4.78, 5) is 12.9. The van der Waals surface area contributed by atoms with Gasteiger partial charge >= 0.3 is 0 Å². The van der Waals surface area contributed by atoms with Gasteiger partial charge < -0.3 is 20.2 Å². The molecule has 1 amide bonds. The highest BCUT2D eigenvalue weighted by atomic mass is 16.5. The highest BCUT2D eigenvalue weighted by Gasteiger charge is 2.23. The molecule has 3 N–H and O–H groups in total. The number of fused-ring (bicyclic) bond motifs is 1. The molecule has 0 unspecified atom stereocenters. The van der Waals surface area contributed by atoms with Gasteiger partial charge in [-0.15, -0.1) is 0 Å². The van der Waals surface area contributed by atoms with Crippen LogP contribution in [0.5, 0.6) is 5.75 Å². The van der Waals surface area contributed by atoms with Crippen molar-refractivity contribution >= 4 is 16.9 Å². The molecule has 1 aliphatic carbocycles. The lowest BCUT2D eigenvalue weighted by Gasteiger charge is -2.09. The number of hydrogen-bond acceptors (Lipinski definition) is 4. The largest absolute Gasteiger partial charge is 0.485 e. The molecular formula is C29H30N2O3. The zero-order chi connectivity index (χ0) is 23.5. The van der Waals surface area contributed by atoms with Gasteiger partial charge in [-0.25, -0.2) is 0 Å². The average molecular weight is 455 g/mol. The summed E-state index contributed by atoms with van der Waals surface area (Å²) in [5.41, 5.74) is 11.3. The van der Waals surface area contributed by atoms with E-state index in [0.29, 0.717) is 30.4 Å². The van der Waals surface area contributed by atoms with E-state index in [0.717, 1.165) is 51.9 Å². The molecule has 3 aromatic carbocycles. The fourth-order valence-corrected chi connectivity index (χ4v) is 4.24. The summed E-state index contributed by atoms with van der Waals surface area (Å²) < 4.78 is 12.4. The van der Waals surface area contributed by atoms with E-state index in [1.807, 2.05) is 54.6 Å². The number of para-hydroxylation sites is 1. The fourth-order valence-electron chi connectivity index (χ4n) is 4.24. The highest BCUT2D eigenvalue weighted by molar-refractivity contribution is 6.03. The Balaban J connectivity index is 1.50. The molecule has 1 aromatic heterocycles. The number of ether oxygens (including phenoxy) is 1. The number of amides is 1. The third-order valence-electron chi connectivity index (χ3n) is 6.37. The van der Waals surface area contributed by atoms with Gasteiger partial charge in [0.05, 0.1) is 0 Å². The maximum atomic E-state index is 12.9. The van der Waals surface area contributed by atoms with E-state index in [9.17, 15) is 4.79 Å². The van der Waals surface area contributed by atoms with Crippen molar-refractivity contribution in [2.24, 2.45) is 11.7 Å². The van der Waals surface area contributed by atoms with E-state index >= 15 is 0 Å². The maximum absolute atomic E-state index is 12.9. The number of hydrogen-bond donors (Lipinski definition) is 2. The SMILES string of the molecule is CCc1ccccc1OCc1cc2cc(C(=O)NCC3CC3)cc(-c3cccc(CN)c3)c2o1. The number of benzene rings is 3. The Labute approximate surface area is 199 Å². The van der Waals surface area contributed by atoms with Crippen LogP contribution in [-0.4, -0.2) is 12.5 Å². The van der Waals surface area contributed by atoms with E-state index in [4.69, 9.17) is 14.9 Å². The van der Waals surface area contributed by atoms with Crippen molar-refractivity contribution in [1.82, 2.24) is 5.32 Å². The van der Waals surface area contributed by atoms with E-state index in [1.165, 1.54) is 12.8 Å². The first-order valence-corrected chi connectivity index (χ1v) is 12.0. The van der Waals surface area contributed by atoms with E-state index in [2.05, 4.69) is 24.4 Å². The van der Waals surface area contributed by atoms with Gasteiger partial charge in [-0.3, -0.25) is 4.79 Å². The van der Waals surface area contributed by atoms with Crippen LogP contribution in [0.15, 0.2) is 71.1 Å². The molecule has 5 rings (SSSR count). The predicted molar refractivity (Wildman–Crippen MR) is 135 cm³/mol. The molecule has 5 nitrogen and oxygen atoms in total. The Morgan fingerprint density at radius 1 is 1.09 bits per heavy atom. The number of nitrogens with two attached hydrogens (primary N) is 1. The molecular weight excluding hydrogens is 424 g/mol. The highest BCUT2D eigenvalue weighted by Crippen LogP contribution is 2.34. The third kappa shape index (κ3) is 4.85. The van der Waals surface area contributed by atoms with Gasteiger partial charge in [0.1, 0.15) is 23.7 Å². The van der Waals surface area contributed by atoms with Crippen molar-refractivity contribution in [3.8, 4) is 16.9 Å². The minimum atomic E-state index is -0.0547. The van der Waals surface area contributed by atoms with Gasteiger partial charge in [0.25, 0.3) is 5.91 Å². The lowest BCUT2D eigenvalue weighted by Crippen LogP contribution is -2.25. The summed E-state index contributed by atoms with van der Waals surface area (Å²) in [7, 11) is 0. The van der Waals surface area contributed by atoms with Crippen LogP contribution < -0.4 is 15.8 Å². The second-order valence-corrected chi connectivity index (χ2v) is 8.96. The van der Waals surface area contributed by atoms with Gasteiger partial charge in [0.15, 0.2) is 0 Å². The van der Waals surface area contributed by atoms with Crippen LogP contribution in [0.3, 0.4) is 0 Å². The Bertz CT molecular complexity index is 1320. The number of nitrogens with one attached hydrogen (secondary N) is 1. The van der Waals surface area contributed by atoms with Gasteiger partial charge in [0, 0.05) is 29.6 Å². The standard InChI is InChI=1S/C29H30N2O3/c1-2-21-7-3-4-9-27(21)33-18-25-14-23-13-24(29(32)31-17-19-10-11-19)15-26(28(23)34-25)22-8-5-6-20(12-22)16-30/h3-9,12-15,19H,2,10-11,16-18,30H2,1H3,(H,31,32). The van der Waals surface area contributed by atoms with Crippen molar-refractivity contribution in [3.05, 3.63) is 89.2 Å². The summed E-state index contributed by atoms with van der Waals surface area (Å²) in [5, 5.41) is 3.96. The number of aryl methyl sites for hydroxylation is 1. The molecule has 1 fully saturated rings. The van der Waals surface area contributed by atoms with Crippen molar-refractivity contribution in [3.63, 3.8) is 0 Å². The number of rotatable bonds is 9. The quantitative estimate of drug-likeness (QED) is 0.333. The van der Waals surface area contributed by atoms with Crippen LogP contribution in [0.4, 0.5) is 0 Å². The summed E-state index contributed by atoms with van der Waals surface area (Å²) in [5.74, 6) is 2.15. The van der Waals surface area contributed by atoms with Gasteiger partial charge in [-0.1, -0.05) is 43.3 Å². The number of carbonyl (C=O) groups excluding carboxylic acids is 1. The first-order chi connectivity index (χ1) is 16.6. The number of carbonyl (C=O) groups is 1. The molecule has 0 aliphatic heterocycles. The summed E-state index contributed by atoms with van der Waals surface area (Å²) in [6, 6.07) is 21.9. The second-order valence-electron chi connectivity index (χ2n) is 8.96. The second kappa shape index (κ2) is 9.74. The lowest BCUT2D eigenvalue weighted by molar-refractivity contribution is 0.0952. The molecule has 34 heavy (non-hydrogen) atoms. The zero-order valence-corrected chi connectivity index (χ0v) is 19.5. The molecule has 1 aliphatic rings. The van der Waals surface area contributed by atoms with E-state index < -0.39 is 0 Å². The van der Waals surface area contributed by atoms with Crippen LogP contribution in [0.25, 0.3) is 22.1 Å². The first-order valence-electron chi connectivity index (χ1n) is 12.0. The van der Waals surface area contributed by atoms with Crippen molar-refractivity contribution in [2.75, 3.05) is 6.54 Å².